The predicted octanol–water partition coefficient (Wildman–Crippen LogP) is 9.48. The first-order valence-electron chi connectivity index (χ1n) is 12.5. The van der Waals surface area contributed by atoms with Gasteiger partial charge in [-0.25, -0.2) is 0 Å². The molecule has 33 heavy (non-hydrogen) atoms. The van der Waals surface area contributed by atoms with Crippen LogP contribution in [0.3, 0.4) is 0 Å². The third-order valence-electron chi connectivity index (χ3n) is 6.82. The molecule has 0 N–H and O–H groups in total. The van der Waals surface area contributed by atoms with Gasteiger partial charge in [-0.2, -0.15) is 0 Å². The maximum absolute atomic E-state index is 2.74. The van der Waals surface area contributed by atoms with E-state index in [1.165, 1.54) is 49.2 Å². The topological polar surface area (TPSA) is 0 Å². The fourth-order valence-corrected chi connectivity index (χ4v) is 12.1. The third kappa shape index (κ3) is 6.71. The molecule has 0 amide bonds. The van der Waals surface area contributed by atoms with Crippen LogP contribution in [0.2, 0.25) is 35.4 Å². The van der Waals surface area contributed by atoms with Crippen LogP contribution in [0.4, 0.5) is 0 Å². The fourth-order valence-electron chi connectivity index (χ4n) is 4.53. The molecule has 0 spiro atoms. The van der Waals surface area contributed by atoms with Crippen molar-refractivity contribution in [3.63, 3.8) is 0 Å². The molecule has 0 aliphatic carbocycles. The average molecular weight is 513 g/mol. The predicted molar refractivity (Wildman–Crippen MR) is 154 cm³/mol. The second-order valence-electron chi connectivity index (χ2n) is 10.2. The molecule has 0 atom stereocenters. The summed E-state index contributed by atoms with van der Waals surface area (Å²) in [5, 5.41) is 4.04. The molecule has 0 aliphatic rings. The summed E-state index contributed by atoms with van der Waals surface area (Å²) in [6, 6.07) is 31.2. The number of hydrogen-bond donors (Lipinski definition) is 0. The average Bonchev–Trinajstić information content (AvgIpc) is 2.85. The van der Waals surface area contributed by atoms with Gasteiger partial charge in [0.15, 0.2) is 0 Å². The van der Waals surface area contributed by atoms with E-state index in [1.807, 2.05) is 0 Å². The Morgan fingerprint density at radius 1 is 0.576 bits per heavy atom. The van der Waals surface area contributed by atoms with Gasteiger partial charge < -0.3 is 0 Å². The first-order chi connectivity index (χ1) is 15.8. The first kappa shape index (κ1) is 25.5. The van der Waals surface area contributed by atoms with E-state index in [-0.39, 0.29) is 0 Å². The van der Waals surface area contributed by atoms with Gasteiger partial charge in [0, 0.05) is 0 Å². The van der Waals surface area contributed by atoms with Crippen molar-refractivity contribution >= 4 is 32.5 Å². The second kappa shape index (κ2) is 11.4. The van der Waals surface area contributed by atoms with E-state index in [4.69, 9.17) is 0 Å². The summed E-state index contributed by atoms with van der Waals surface area (Å²) in [6.07, 6.45) is 0. The standard InChI is InChI=1S/C31H40GeSi/c1-7-32(8-2,9-3)24-30(26-16-12-10-13-17-26)28-20-22-29(23-21-28)31(25-33(4,5)6)27-18-14-11-15-19-27/h10-25H,7-9H2,1-6H3/b30-24-,31-25-. The molecule has 3 aromatic carbocycles. The van der Waals surface area contributed by atoms with E-state index in [2.05, 4.69) is 136 Å². The summed E-state index contributed by atoms with van der Waals surface area (Å²) in [5.41, 5.74) is 10.7. The van der Waals surface area contributed by atoms with Crippen molar-refractivity contribution in [1.82, 2.24) is 0 Å². The van der Waals surface area contributed by atoms with Gasteiger partial charge >= 0.3 is 206 Å². The zero-order chi connectivity index (χ0) is 23.9. The molecule has 0 heterocycles. The summed E-state index contributed by atoms with van der Waals surface area (Å²) in [5.74, 6) is 0. The molecule has 0 unspecified atom stereocenters. The molecule has 0 aliphatic heterocycles. The molecule has 2 heteroatoms. The molecular weight excluding hydrogens is 473 g/mol. The zero-order valence-corrected chi connectivity index (χ0v) is 24.5. The van der Waals surface area contributed by atoms with Gasteiger partial charge in [0.25, 0.3) is 0 Å². The van der Waals surface area contributed by atoms with Crippen molar-refractivity contribution in [2.75, 3.05) is 0 Å². The van der Waals surface area contributed by atoms with Crippen molar-refractivity contribution in [3.8, 4) is 0 Å². The number of benzene rings is 3. The summed E-state index contributed by atoms with van der Waals surface area (Å²) < 4.78 is 0. The maximum atomic E-state index is 2.74. The monoisotopic (exact) mass is 514 g/mol. The van der Waals surface area contributed by atoms with Crippen LogP contribution in [-0.4, -0.2) is 21.3 Å². The molecule has 3 aromatic rings. The molecule has 0 fully saturated rings. The van der Waals surface area contributed by atoms with E-state index in [0.29, 0.717) is 0 Å². The molecule has 0 nitrogen and oxygen atoms in total. The van der Waals surface area contributed by atoms with Crippen LogP contribution in [0.5, 0.6) is 0 Å². The quantitative estimate of drug-likeness (QED) is 0.250. The van der Waals surface area contributed by atoms with Gasteiger partial charge in [0.2, 0.25) is 0 Å². The van der Waals surface area contributed by atoms with E-state index in [9.17, 15) is 0 Å². The van der Waals surface area contributed by atoms with Crippen molar-refractivity contribution < 1.29 is 0 Å². The normalized spacial score (nSPS) is 13.3. The molecule has 3 rings (SSSR count). The Morgan fingerprint density at radius 2 is 0.939 bits per heavy atom. The van der Waals surface area contributed by atoms with Gasteiger partial charge in [-0.3, -0.25) is 0 Å². The Balaban J connectivity index is 2.11. The number of hydrogen-bond acceptors (Lipinski definition) is 0. The summed E-state index contributed by atoms with van der Waals surface area (Å²) in [7, 11) is -1.39. The van der Waals surface area contributed by atoms with Crippen LogP contribution < -0.4 is 0 Å². The zero-order valence-electron chi connectivity index (χ0n) is 21.4. The minimum atomic E-state index is -2.02. The Bertz CT molecular complexity index is 1060. The van der Waals surface area contributed by atoms with E-state index in [1.54, 1.807) is 0 Å². The summed E-state index contributed by atoms with van der Waals surface area (Å²) in [6.45, 7) is 14.4. The van der Waals surface area contributed by atoms with Crippen molar-refractivity contribution in [2.45, 2.75) is 56.2 Å². The van der Waals surface area contributed by atoms with E-state index < -0.39 is 21.3 Å². The van der Waals surface area contributed by atoms with Gasteiger partial charge in [-0.05, 0) is 0 Å². The Kier molecular flexibility index (Phi) is 8.78. The molecule has 0 aromatic heterocycles. The first-order valence-corrected chi connectivity index (χ1v) is 21.7. The molecule has 0 saturated carbocycles. The Labute approximate surface area is 205 Å². The summed E-state index contributed by atoms with van der Waals surface area (Å²) in [4.78, 5) is 2.74. The Hall–Kier alpha value is -2.10. The second-order valence-corrected chi connectivity index (χ2v) is 26.0. The molecular formula is C31H40GeSi. The van der Waals surface area contributed by atoms with Crippen molar-refractivity contribution in [1.29, 1.82) is 0 Å². The molecule has 0 saturated heterocycles. The van der Waals surface area contributed by atoms with Crippen LogP contribution in [-0.2, 0) is 0 Å². The van der Waals surface area contributed by atoms with Crippen LogP contribution in [0.25, 0.3) is 11.1 Å². The molecule has 0 bridgehead atoms. The fraction of sp³-hybridized carbons (Fsp3) is 0.290. The van der Waals surface area contributed by atoms with Crippen molar-refractivity contribution in [3.05, 3.63) is 118 Å². The molecule has 172 valence electrons. The van der Waals surface area contributed by atoms with Gasteiger partial charge in [0.05, 0.1) is 0 Å². The molecule has 0 radical (unpaired) electrons. The van der Waals surface area contributed by atoms with Crippen LogP contribution in [0.15, 0.2) is 95.5 Å². The van der Waals surface area contributed by atoms with Crippen LogP contribution in [0, 0.1) is 0 Å². The van der Waals surface area contributed by atoms with Gasteiger partial charge in [-0.15, -0.1) is 0 Å². The minimum absolute atomic E-state index is 1.31. The van der Waals surface area contributed by atoms with E-state index >= 15 is 0 Å². The summed E-state index contributed by atoms with van der Waals surface area (Å²) >= 11 is -2.02. The van der Waals surface area contributed by atoms with Crippen LogP contribution >= 0.6 is 0 Å². The SMILES string of the molecule is C[CH2][Ge](/[CH]=C(/c1ccccc1)c1ccc(/C(=C\[Si](C)(C)C)c2ccccc2)cc1)([CH2]C)[CH2]C. The third-order valence-corrected chi connectivity index (χ3v) is 18.7. The van der Waals surface area contributed by atoms with Gasteiger partial charge in [0.1, 0.15) is 0 Å². The van der Waals surface area contributed by atoms with Gasteiger partial charge in [-0.1, -0.05) is 0 Å². The number of rotatable bonds is 9. The van der Waals surface area contributed by atoms with E-state index in [0.717, 1.165) is 0 Å². The Morgan fingerprint density at radius 3 is 1.33 bits per heavy atom. The van der Waals surface area contributed by atoms with Crippen LogP contribution in [0.1, 0.15) is 43.0 Å². The van der Waals surface area contributed by atoms with Crippen molar-refractivity contribution in [2.24, 2.45) is 0 Å².